The van der Waals surface area contributed by atoms with Gasteiger partial charge in [0.05, 0.1) is 6.04 Å². The maximum atomic E-state index is 10.9. The standard InChI is InChI=1S/C15H29NO/c1-3-4-5-6-7-8-9-12-16-14(2)10-11-15(16)13-17/h13-15H,3-12H2,1-2H3. The normalized spacial score (nSPS) is 25.3. The molecular formula is C15H29NO. The van der Waals surface area contributed by atoms with E-state index in [0.29, 0.717) is 6.04 Å². The van der Waals surface area contributed by atoms with Gasteiger partial charge in [-0.2, -0.15) is 0 Å². The summed E-state index contributed by atoms with van der Waals surface area (Å²) in [6, 6.07) is 0.829. The Bertz CT molecular complexity index is 205. The number of aldehydes is 1. The molecule has 0 amide bonds. The summed E-state index contributed by atoms with van der Waals surface area (Å²) >= 11 is 0. The van der Waals surface area contributed by atoms with E-state index in [1.165, 1.54) is 51.4 Å². The first-order valence-corrected chi connectivity index (χ1v) is 7.50. The number of carbonyl (C=O) groups excluding carboxylic acids is 1. The lowest BCUT2D eigenvalue weighted by atomic mass is 10.1. The first-order chi connectivity index (χ1) is 8.29. The highest BCUT2D eigenvalue weighted by atomic mass is 16.1. The van der Waals surface area contributed by atoms with Crippen LogP contribution in [0.1, 0.15) is 71.6 Å². The highest BCUT2D eigenvalue weighted by Crippen LogP contribution is 2.23. The van der Waals surface area contributed by atoms with Crippen LogP contribution in [-0.2, 0) is 4.79 Å². The van der Waals surface area contributed by atoms with Gasteiger partial charge in [-0.25, -0.2) is 0 Å². The van der Waals surface area contributed by atoms with Crippen LogP contribution in [0.15, 0.2) is 0 Å². The number of hydrogen-bond acceptors (Lipinski definition) is 2. The van der Waals surface area contributed by atoms with Crippen molar-refractivity contribution < 1.29 is 4.79 Å². The first-order valence-electron chi connectivity index (χ1n) is 7.50. The van der Waals surface area contributed by atoms with Crippen LogP contribution in [-0.4, -0.2) is 29.8 Å². The molecule has 2 unspecified atom stereocenters. The SMILES string of the molecule is CCCCCCCCCN1C(C)CCC1C=O. The number of rotatable bonds is 9. The second-order valence-corrected chi connectivity index (χ2v) is 5.49. The molecule has 0 radical (unpaired) electrons. The van der Waals surface area contributed by atoms with Crippen LogP contribution in [0, 0.1) is 0 Å². The number of nitrogens with zero attached hydrogens (tertiary/aromatic N) is 1. The van der Waals surface area contributed by atoms with Gasteiger partial charge < -0.3 is 4.79 Å². The minimum atomic E-state index is 0.213. The van der Waals surface area contributed by atoms with Crippen LogP contribution in [0.4, 0.5) is 0 Å². The lowest BCUT2D eigenvalue weighted by molar-refractivity contribution is -0.111. The number of hydrogen-bond donors (Lipinski definition) is 0. The highest BCUT2D eigenvalue weighted by molar-refractivity contribution is 5.58. The van der Waals surface area contributed by atoms with Gasteiger partial charge in [-0.15, -0.1) is 0 Å². The van der Waals surface area contributed by atoms with Gasteiger partial charge >= 0.3 is 0 Å². The fourth-order valence-electron chi connectivity index (χ4n) is 2.85. The lowest BCUT2D eigenvalue weighted by Crippen LogP contribution is -2.36. The van der Waals surface area contributed by atoms with Crippen molar-refractivity contribution >= 4 is 6.29 Å². The van der Waals surface area contributed by atoms with E-state index in [1.54, 1.807) is 0 Å². The van der Waals surface area contributed by atoms with Gasteiger partial charge in [-0.05, 0) is 32.7 Å². The molecule has 0 N–H and O–H groups in total. The topological polar surface area (TPSA) is 20.3 Å². The lowest BCUT2D eigenvalue weighted by Gasteiger charge is -2.24. The summed E-state index contributed by atoms with van der Waals surface area (Å²) < 4.78 is 0. The Balaban J connectivity index is 2.03. The predicted molar refractivity (Wildman–Crippen MR) is 73.2 cm³/mol. The van der Waals surface area contributed by atoms with Crippen molar-refractivity contribution in [2.75, 3.05) is 6.54 Å². The van der Waals surface area contributed by atoms with Crippen LogP contribution in [0.3, 0.4) is 0 Å². The van der Waals surface area contributed by atoms with E-state index in [9.17, 15) is 4.79 Å². The molecule has 1 aliphatic rings. The third kappa shape index (κ3) is 5.20. The second-order valence-electron chi connectivity index (χ2n) is 5.49. The number of likely N-dealkylation sites (tertiary alicyclic amines) is 1. The monoisotopic (exact) mass is 239 g/mol. The molecule has 17 heavy (non-hydrogen) atoms. The smallest absolute Gasteiger partial charge is 0.137 e. The average Bonchev–Trinajstić information content (AvgIpc) is 2.69. The van der Waals surface area contributed by atoms with E-state index in [0.717, 1.165) is 19.3 Å². The van der Waals surface area contributed by atoms with Crippen molar-refractivity contribution in [3.63, 3.8) is 0 Å². The molecule has 2 atom stereocenters. The summed E-state index contributed by atoms with van der Waals surface area (Å²) in [7, 11) is 0. The van der Waals surface area contributed by atoms with Crippen molar-refractivity contribution in [3.05, 3.63) is 0 Å². The quantitative estimate of drug-likeness (QED) is 0.451. The van der Waals surface area contributed by atoms with Crippen molar-refractivity contribution in [3.8, 4) is 0 Å². The van der Waals surface area contributed by atoms with Crippen LogP contribution in [0.25, 0.3) is 0 Å². The molecule has 1 fully saturated rings. The third-order valence-corrected chi connectivity index (χ3v) is 4.05. The molecule has 2 heteroatoms. The van der Waals surface area contributed by atoms with Gasteiger partial charge in [0.15, 0.2) is 0 Å². The first kappa shape index (κ1) is 14.7. The van der Waals surface area contributed by atoms with E-state index in [1.807, 2.05) is 0 Å². The summed E-state index contributed by atoms with van der Waals surface area (Å²) in [6.07, 6.45) is 12.9. The van der Waals surface area contributed by atoms with Crippen LogP contribution >= 0.6 is 0 Å². The fraction of sp³-hybridized carbons (Fsp3) is 0.933. The summed E-state index contributed by atoms with van der Waals surface area (Å²) in [5, 5.41) is 0. The molecule has 0 saturated carbocycles. The second kappa shape index (κ2) is 8.68. The van der Waals surface area contributed by atoms with Gasteiger partial charge in [0, 0.05) is 6.04 Å². The summed E-state index contributed by atoms with van der Waals surface area (Å²) in [5.74, 6) is 0. The van der Waals surface area contributed by atoms with Crippen LogP contribution < -0.4 is 0 Å². The molecular weight excluding hydrogens is 210 g/mol. The van der Waals surface area contributed by atoms with Crippen molar-refractivity contribution in [1.29, 1.82) is 0 Å². The Hall–Kier alpha value is -0.370. The molecule has 0 aliphatic carbocycles. The van der Waals surface area contributed by atoms with Crippen LogP contribution in [0.2, 0.25) is 0 Å². The summed E-state index contributed by atoms with van der Waals surface area (Å²) in [4.78, 5) is 13.3. The van der Waals surface area contributed by atoms with E-state index in [2.05, 4.69) is 18.7 Å². The Morgan fingerprint density at radius 3 is 2.35 bits per heavy atom. The van der Waals surface area contributed by atoms with E-state index in [-0.39, 0.29) is 6.04 Å². The Morgan fingerprint density at radius 1 is 1.06 bits per heavy atom. The zero-order chi connectivity index (χ0) is 12.5. The molecule has 100 valence electrons. The molecule has 2 nitrogen and oxygen atoms in total. The van der Waals surface area contributed by atoms with Gasteiger partial charge in [0.25, 0.3) is 0 Å². The molecule has 0 spiro atoms. The van der Waals surface area contributed by atoms with Crippen molar-refractivity contribution in [2.24, 2.45) is 0 Å². The van der Waals surface area contributed by atoms with E-state index < -0.39 is 0 Å². The third-order valence-electron chi connectivity index (χ3n) is 4.05. The summed E-state index contributed by atoms with van der Waals surface area (Å²) in [5.41, 5.74) is 0. The zero-order valence-electron chi connectivity index (χ0n) is 11.7. The Kier molecular flexibility index (Phi) is 7.50. The van der Waals surface area contributed by atoms with E-state index in [4.69, 9.17) is 0 Å². The van der Waals surface area contributed by atoms with Gasteiger partial charge in [-0.1, -0.05) is 45.4 Å². The molecule has 0 bridgehead atoms. The van der Waals surface area contributed by atoms with Gasteiger partial charge in [0.2, 0.25) is 0 Å². The van der Waals surface area contributed by atoms with Gasteiger partial charge in [0.1, 0.15) is 6.29 Å². The van der Waals surface area contributed by atoms with Crippen molar-refractivity contribution in [2.45, 2.75) is 83.7 Å². The number of unbranched alkanes of at least 4 members (excludes halogenated alkanes) is 6. The zero-order valence-corrected chi connectivity index (χ0v) is 11.7. The Labute approximate surface area is 107 Å². The fourth-order valence-corrected chi connectivity index (χ4v) is 2.85. The molecule has 0 aromatic rings. The molecule has 1 saturated heterocycles. The van der Waals surface area contributed by atoms with Gasteiger partial charge in [-0.3, -0.25) is 4.90 Å². The maximum Gasteiger partial charge on any atom is 0.137 e. The van der Waals surface area contributed by atoms with Crippen LogP contribution in [0.5, 0.6) is 0 Å². The van der Waals surface area contributed by atoms with E-state index >= 15 is 0 Å². The highest BCUT2D eigenvalue weighted by Gasteiger charge is 2.29. The predicted octanol–water partition coefficient (Wildman–Crippen LogP) is 3.79. The Morgan fingerprint density at radius 2 is 1.71 bits per heavy atom. The molecule has 0 aromatic carbocycles. The molecule has 0 aromatic heterocycles. The minimum absolute atomic E-state index is 0.213. The molecule has 1 rings (SSSR count). The average molecular weight is 239 g/mol. The maximum absolute atomic E-state index is 10.9. The largest absolute Gasteiger partial charge is 0.302 e. The summed E-state index contributed by atoms with van der Waals surface area (Å²) in [6.45, 7) is 5.64. The van der Waals surface area contributed by atoms with Crippen molar-refractivity contribution in [1.82, 2.24) is 4.90 Å². The molecule has 1 aliphatic heterocycles. The molecule has 1 heterocycles. The number of carbonyl (C=O) groups is 1. The minimum Gasteiger partial charge on any atom is -0.302 e.